The van der Waals surface area contributed by atoms with E-state index in [1.165, 1.54) is 11.1 Å². The number of rotatable bonds is 0. The van der Waals surface area contributed by atoms with E-state index in [0.717, 1.165) is 0 Å². The van der Waals surface area contributed by atoms with Crippen molar-refractivity contribution >= 4 is 16.3 Å². The molecule has 2 rings (SSSR count). The van der Waals surface area contributed by atoms with E-state index in [1.807, 2.05) is 0 Å². The van der Waals surface area contributed by atoms with Gasteiger partial charge in [0.2, 0.25) is 0 Å². The van der Waals surface area contributed by atoms with Gasteiger partial charge in [-0.25, -0.2) is 0 Å². The smallest absolute Gasteiger partial charge is 1.00 e. The van der Waals surface area contributed by atoms with Crippen LogP contribution >= 0.6 is 0 Å². The summed E-state index contributed by atoms with van der Waals surface area (Å²) >= 11 is 0. The molecule has 11 heavy (non-hydrogen) atoms. The average Bonchev–Trinajstić information content (AvgIpc) is 2.34. The quantitative estimate of drug-likeness (QED) is 0.419. The summed E-state index contributed by atoms with van der Waals surface area (Å²) in [4.78, 5) is 0. The van der Waals surface area contributed by atoms with E-state index in [4.69, 9.17) is 0 Å². The zero-order chi connectivity index (χ0) is 6.97. The molecule has 1 unspecified atom stereocenters. The van der Waals surface area contributed by atoms with Crippen molar-refractivity contribution in [1.29, 1.82) is 0 Å². The SMILES string of the molecule is [H-].[Li+].[Si]C1C=Cc2ccccc21. The minimum absolute atomic E-state index is 0. The second-order valence-corrected chi connectivity index (χ2v) is 3.09. The van der Waals surface area contributed by atoms with Crippen molar-refractivity contribution in [3.05, 3.63) is 41.5 Å². The Morgan fingerprint density at radius 3 is 2.73 bits per heavy atom. The molecule has 0 spiro atoms. The first-order valence-corrected chi connectivity index (χ1v) is 3.94. The van der Waals surface area contributed by atoms with Crippen LogP contribution in [-0.4, -0.2) is 10.2 Å². The molecular formula is C9H8LiSi. The van der Waals surface area contributed by atoms with Crippen molar-refractivity contribution in [2.45, 2.75) is 5.54 Å². The van der Waals surface area contributed by atoms with E-state index in [2.05, 4.69) is 46.7 Å². The van der Waals surface area contributed by atoms with Gasteiger partial charge in [0.25, 0.3) is 0 Å². The Kier molecular flexibility index (Phi) is 2.78. The Bertz CT molecular complexity index is 286. The van der Waals surface area contributed by atoms with Gasteiger partial charge in [0.15, 0.2) is 0 Å². The van der Waals surface area contributed by atoms with Crippen LogP contribution in [0.4, 0.5) is 0 Å². The standard InChI is InChI=1S/C9H7Si.Li.H/c10-9-6-5-7-3-1-2-4-8(7)9;;/h1-6,9H;;/q;+1;-1. The Hall–Kier alpha value is -0.226. The second-order valence-electron chi connectivity index (χ2n) is 2.47. The maximum absolute atomic E-state index is 3.60. The Morgan fingerprint density at radius 2 is 2.00 bits per heavy atom. The third kappa shape index (κ3) is 1.51. The monoisotopic (exact) mass is 151 g/mol. The van der Waals surface area contributed by atoms with Gasteiger partial charge in [0.05, 0.1) is 0 Å². The molecule has 0 aliphatic heterocycles. The fraction of sp³-hybridized carbons (Fsp3) is 0.111. The molecular weight excluding hydrogens is 143 g/mol. The van der Waals surface area contributed by atoms with Crippen LogP contribution in [0.3, 0.4) is 0 Å². The van der Waals surface area contributed by atoms with Crippen LogP contribution in [-0.2, 0) is 0 Å². The number of hydrogen-bond donors (Lipinski definition) is 0. The van der Waals surface area contributed by atoms with Gasteiger partial charge in [0.1, 0.15) is 0 Å². The summed E-state index contributed by atoms with van der Waals surface area (Å²) in [7, 11) is 3.60. The zero-order valence-electron chi connectivity index (χ0n) is 7.54. The summed E-state index contributed by atoms with van der Waals surface area (Å²) in [5.74, 6) is 0. The molecule has 0 aromatic heterocycles. The van der Waals surface area contributed by atoms with Gasteiger partial charge in [-0.1, -0.05) is 36.4 Å². The second kappa shape index (κ2) is 3.45. The van der Waals surface area contributed by atoms with Crippen molar-refractivity contribution < 1.29 is 20.3 Å². The van der Waals surface area contributed by atoms with E-state index < -0.39 is 0 Å². The molecule has 3 radical (unpaired) electrons. The maximum atomic E-state index is 3.60. The Balaban J connectivity index is 0.000000605. The summed E-state index contributed by atoms with van der Waals surface area (Å²) in [5, 5.41) is 0. The number of benzene rings is 1. The van der Waals surface area contributed by atoms with Gasteiger partial charge in [-0.3, -0.25) is 0 Å². The van der Waals surface area contributed by atoms with Crippen LogP contribution in [0.1, 0.15) is 18.1 Å². The summed E-state index contributed by atoms with van der Waals surface area (Å²) < 4.78 is 0. The summed E-state index contributed by atoms with van der Waals surface area (Å²) in [6.07, 6.45) is 4.30. The van der Waals surface area contributed by atoms with Gasteiger partial charge in [-0.15, -0.1) is 0 Å². The van der Waals surface area contributed by atoms with Crippen LogP contribution in [0.5, 0.6) is 0 Å². The van der Waals surface area contributed by atoms with E-state index in [-0.39, 0.29) is 20.3 Å². The van der Waals surface area contributed by atoms with Gasteiger partial charge >= 0.3 is 18.9 Å². The molecule has 0 fully saturated rings. The van der Waals surface area contributed by atoms with Gasteiger partial charge < -0.3 is 1.43 Å². The first-order valence-electron chi connectivity index (χ1n) is 3.36. The predicted molar refractivity (Wildman–Crippen MR) is 45.1 cm³/mol. The number of hydrogen-bond acceptors (Lipinski definition) is 0. The Morgan fingerprint density at radius 1 is 1.27 bits per heavy atom. The van der Waals surface area contributed by atoms with Crippen LogP contribution in [0.2, 0.25) is 0 Å². The van der Waals surface area contributed by atoms with Crippen LogP contribution < -0.4 is 18.9 Å². The molecule has 1 atom stereocenters. The average molecular weight is 151 g/mol. The van der Waals surface area contributed by atoms with Gasteiger partial charge in [-0.05, 0) is 16.7 Å². The summed E-state index contributed by atoms with van der Waals surface area (Å²) in [6.45, 7) is 0. The van der Waals surface area contributed by atoms with Gasteiger partial charge in [-0.2, -0.15) is 0 Å². The third-order valence-electron chi connectivity index (χ3n) is 1.80. The molecule has 2 heteroatoms. The molecule has 1 aliphatic rings. The van der Waals surface area contributed by atoms with Crippen molar-refractivity contribution in [3.63, 3.8) is 0 Å². The first-order chi connectivity index (χ1) is 4.88. The van der Waals surface area contributed by atoms with E-state index >= 15 is 0 Å². The molecule has 0 bridgehead atoms. The molecule has 0 N–H and O–H groups in total. The minimum Gasteiger partial charge on any atom is -1.00 e. The van der Waals surface area contributed by atoms with Crippen molar-refractivity contribution in [3.8, 4) is 0 Å². The molecule has 1 aliphatic carbocycles. The molecule has 49 valence electrons. The van der Waals surface area contributed by atoms with Crippen LogP contribution in [0.15, 0.2) is 30.3 Å². The molecule has 0 saturated carbocycles. The Labute approximate surface area is 83.8 Å². The first kappa shape index (κ1) is 8.87. The summed E-state index contributed by atoms with van der Waals surface area (Å²) in [5.41, 5.74) is 3.14. The van der Waals surface area contributed by atoms with Crippen molar-refractivity contribution in [1.82, 2.24) is 0 Å². The molecule has 0 saturated heterocycles. The van der Waals surface area contributed by atoms with E-state index in [1.54, 1.807) is 0 Å². The van der Waals surface area contributed by atoms with Crippen LogP contribution in [0.25, 0.3) is 6.08 Å². The van der Waals surface area contributed by atoms with Crippen molar-refractivity contribution in [2.75, 3.05) is 0 Å². The van der Waals surface area contributed by atoms with E-state index in [9.17, 15) is 0 Å². The fourth-order valence-electron chi connectivity index (χ4n) is 1.25. The maximum Gasteiger partial charge on any atom is 1.00 e. The largest absolute Gasteiger partial charge is 1.00 e. The molecule has 0 nitrogen and oxygen atoms in total. The molecule has 0 amide bonds. The number of fused-ring (bicyclic) bond motifs is 1. The molecule has 1 aromatic rings. The number of allylic oxidation sites excluding steroid dienone is 1. The summed E-state index contributed by atoms with van der Waals surface area (Å²) in [6, 6.07) is 8.41. The predicted octanol–water partition coefficient (Wildman–Crippen LogP) is -0.960. The van der Waals surface area contributed by atoms with Gasteiger partial charge in [0, 0.05) is 10.2 Å². The fourth-order valence-corrected chi connectivity index (χ4v) is 1.61. The third-order valence-corrected chi connectivity index (χ3v) is 2.30. The topological polar surface area (TPSA) is 0 Å². The van der Waals surface area contributed by atoms with E-state index in [0.29, 0.717) is 5.54 Å². The molecule has 1 aromatic carbocycles. The minimum atomic E-state index is 0. The van der Waals surface area contributed by atoms with Crippen LogP contribution in [0, 0.1) is 0 Å². The normalized spacial score (nSPS) is 19.2. The molecule has 0 heterocycles. The zero-order valence-corrected chi connectivity index (χ0v) is 7.54. The van der Waals surface area contributed by atoms with Crippen molar-refractivity contribution in [2.24, 2.45) is 0 Å².